The van der Waals surface area contributed by atoms with Crippen LogP contribution in [0, 0.1) is 11.3 Å². The average molecular weight is 406 g/mol. The third-order valence-electron chi connectivity index (χ3n) is 3.51. The monoisotopic (exact) mass is 405 g/mol. The van der Waals surface area contributed by atoms with Crippen LogP contribution in [0.25, 0.3) is 6.08 Å². The topological polar surface area (TPSA) is 74.9 Å². The van der Waals surface area contributed by atoms with Crippen LogP contribution >= 0.6 is 15.9 Å². The number of nitriles is 1. The molecule has 0 saturated carbocycles. The van der Waals surface area contributed by atoms with E-state index in [-0.39, 0.29) is 25.0 Å². The molecule has 2 rings (SSSR count). The Bertz CT molecular complexity index is 779. The van der Waals surface area contributed by atoms with Crippen molar-refractivity contribution in [3.63, 3.8) is 0 Å². The van der Waals surface area contributed by atoms with Crippen molar-refractivity contribution >= 4 is 33.6 Å². The highest BCUT2D eigenvalue weighted by Crippen LogP contribution is 2.35. The van der Waals surface area contributed by atoms with E-state index in [1.165, 1.54) is 5.01 Å². The normalized spacial score (nSPS) is 15.6. The molecule has 0 aromatic heterocycles. The number of carbonyl (C=O) groups is 1. The minimum Gasteiger partial charge on any atom is -0.493 e. The fourth-order valence-electron chi connectivity index (χ4n) is 2.37. The lowest BCUT2D eigenvalue weighted by molar-refractivity contribution is -0.125. The van der Waals surface area contributed by atoms with Crippen molar-refractivity contribution in [2.45, 2.75) is 33.3 Å². The van der Waals surface area contributed by atoms with Gasteiger partial charge in [-0.25, -0.2) is 5.01 Å². The van der Waals surface area contributed by atoms with Crippen LogP contribution in [0.15, 0.2) is 27.3 Å². The van der Waals surface area contributed by atoms with Crippen LogP contribution in [0.5, 0.6) is 11.5 Å². The maximum absolute atomic E-state index is 12.5. The third kappa shape index (κ3) is 4.40. The fourth-order valence-corrected chi connectivity index (χ4v) is 2.81. The molecule has 0 N–H and O–H groups in total. The van der Waals surface area contributed by atoms with Gasteiger partial charge < -0.3 is 9.47 Å². The second-order valence-corrected chi connectivity index (χ2v) is 6.63. The molecule has 25 heavy (non-hydrogen) atoms. The van der Waals surface area contributed by atoms with Gasteiger partial charge in [0.2, 0.25) is 0 Å². The van der Waals surface area contributed by atoms with Gasteiger partial charge in [-0.2, -0.15) is 10.4 Å². The number of hydrogen-bond acceptors (Lipinski definition) is 5. The Labute approximate surface area is 155 Å². The van der Waals surface area contributed by atoms with E-state index < -0.39 is 0 Å². The first-order valence-electron chi connectivity index (χ1n) is 7.87. The zero-order chi connectivity index (χ0) is 18.6. The first-order chi connectivity index (χ1) is 11.9. The molecule has 1 heterocycles. The maximum atomic E-state index is 12.5. The molecule has 1 aromatic carbocycles. The molecule has 1 aromatic rings. The molecule has 1 aliphatic rings. The summed E-state index contributed by atoms with van der Waals surface area (Å²) in [4.78, 5) is 12.5. The smallest absolute Gasteiger partial charge is 0.275 e. The number of benzene rings is 1. The van der Waals surface area contributed by atoms with Gasteiger partial charge in [0, 0.05) is 4.47 Å². The number of methoxy groups -OCH3 is 1. The number of halogens is 1. The molecule has 0 fully saturated rings. The molecule has 0 atom stereocenters. The number of hydrogen-bond donors (Lipinski definition) is 0. The highest BCUT2D eigenvalue weighted by Gasteiger charge is 2.27. The Morgan fingerprint density at radius 1 is 1.40 bits per heavy atom. The molecule has 0 unspecified atom stereocenters. The highest BCUT2D eigenvalue weighted by atomic mass is 79.9. The van der Waals surface area contributed by atoms with Crippen LogP contribution in [0.3, 0.4) is 0 Å². The molecule has 0 bridgehead atoms. The van der Waals surface area contributed by atoms with Crippen molar-refractivity contribution in [1.82, 2.24) is 5.01 Å². The van der Waals surface area contributed by atoms with E-state index in [0.717, 1.165) is 10.0 Å². The minimum atomic E-state index is -0.207. The molecule has 0 spiro atoms. The minimum absolute atomic E-state index is 0.0180. The van der Waals surface area contributed by atoms with Crippen molar-refractivity contribution in [1.29, 1.82) is 5.26 Å². The van der Waals surface area contributed by atoms with Gasteiger partial charge in [-0.15, -0.1) is 0 Å². The SMILES string of the molecule is COc1cc(/C=C2/C(=O)N(CCC#N)N=C2C)c(Br)cc1OC(C)C. The molecule has 0 aliphatic carbocycles. The van der Waals surface area contributed by atoms with Crippen molar-refractivity contribution in [3.05, 3.63) is 27.7 Å². The molecule has 132 valence electrons. The van der Waals surface area contributed by atoms with E-state index in [4.69, 9.17) is 14.7 Å². The van der Waals surface area contributed by atoms with Gasteiger partial charge in [0.25, 0.3) is 5.91 Å². The van der Waals surface area contributed by atoms with E-state index in [0.29, 0.717) is 22.8 Å². The highest BCUT2D eigenvalue weighted by molar-refractivity contribution is 9.10. The first kappa shape index (κ1) is 19.0. The van der Waals surface area contributed by atoms with Gasteiger partial charge in [0.05, 0.1) is 43.5 Å². The van der Waals surface area contributed by atoms with Crippen LogP contribution < -0.4 is 9.47 Å². The predicted molar refractivity (Wildman–Crippen MR) is 99.5 cm³/mol. The predicted octanol–water partition coefficient (Wildman–Crippen LogP) is 3.76. The second-order valence-electron chi connectivity index (χ2n) is 5.77. The Kier molecular flexibility index (Phi) is 6.21. The van der Waals surface area contributed by atoms with E-state index in [9.17, 15) is 4.79 Å². The third-order valence-corrected chi connectivity index (χ3v) is 4.19. The molecular formula is C18H20BrN3O3. The summed E-state index contributed by atoms with van der Waals surface area (Å²) in [5, 5.41) is 14.2. The summed E-state index contributed by atoms with van der Waals surface area (Å²) in [6.07, 6.45) is 2.03. The molecule has 6 nitrogen and oxygen atoms in total. The van der Waals surface area contributed by atoms with Crippen LogP contribution in [0.1, 0.15) is 32.8 Å². The average Bonchev–Trinajstić information content (AvgIpc) is 2.82. The van der Waals surface area contributed by atoms with E-state index in [1.807, 2.05) is 32.0 Å². The van der Waals surface area contributed by atoms with E-state index in [1.54, 1.807) is 20.1 Å². The first-order valence-corrected chi connectivity index (χ1v) is 8.67. The summed E-state index contributed by atoms with van der Waals surface area (Å²) in [7, 11) is 1.57. The molecule has 7 heteroatoms. The molecular weight excluding hydrogens is 386 g/mol. The quantitative estimate of drug-likeness (QED) is 0.675. The Morgan fingerprint density at radius 2 is 2.12 bits per heavy atom. The maximum Gasteiger partial charge on any atom is 0.275 e. The van der Waals surface area contributed by atoms with Crippen LogP contribution in [0.2, 0.25) is 0 Å². The van der Waals surface area contributed by atoms with Crippen molar-refractivity contribution in [2.75, 3.05) is 13.7 Å². The summed E-state index contributed by atoms with van der Waals surface area (Å²) in [5.41, 5.74) is 1.91. The summed E-state index contributed by atoms with van der Waals surface area (Å²) in [5.74, 6) is 1.01. The van der Waals surface area contributed by atoms with Gasteiger partial charge in [0.15, 0.2) is 11.5 Å². The lowest BCUT2D eigenvalue weighted by atomic mass is 10.1. The lowest BCUT2D eigenvalue weighted by Crippen LogP contribution is -2.23. The number of amides is 1. The number of carbonyl (C=O) groups excluding carboxylic acids is 1. The largest absolute Gasteiger partial charge is 0.493 e. The molecule has 0 saturated heterocycles. The van der Waals surface area contributed by atoms with Crippen molar-refractivity contribution in [2.24, 2.45) is 5.10 Å². The van der Waals surface area contributed by atoms with Gasteiger partial charge in [-0.1, -0.05) is 15.9 Å². The number of nitrogens with zero attached hydrogens (tertiary/aromatic N) is 3. The van der Waals surface area contributed by atoms with Gasteiger partial charge in [-0.05, 0) is 44.5 Å². The van der Waals surface area contributed by atoms with Crippen molar-refractivity contribution < 1.29 is 14.3 Å². The number of rotatable bonds is 6. The van der Waals surface area contributed by atoms with Crippen LogP contribution in [-0.4, -0.2) is 36.4 Å². The summed E-state index contributed by atoms with van der Waals surface area (Å²) < 4.78 is 11.9. The Morgan fingerprint density at radius 3 is 2.72 bits per heavy atom. The summed E-state index contributed by atoms with van der Waals surface area (Å²) >= 11 is 3.52. The molecule has 0 radical (unpaired) electrons. The Hall–Kier alpha value is -2.33. The lowest BCUT2D eigenvalue weighted by Gasteiger charge is -2.15. The van der Waals surface area contributed by atoms with Gasteiger partial charge in [-0.3, -0.25) is 4.79 Å². The zero-order valence-corrected chi connectivity index (χ0v) is 16.3. The molecule has 1 aliphatic heterocycles. The number of ether oxygens (including phenoxy) is 2. The van der Waals surface area contributed by atoms with Crippen molar-refractivity contribution in [3.8, 4) is 17.6 Å². The van der Waals surface area contributed by atoms with Gasteiger partial charge in [0.1, 0.15) is 0 Å². The van der Waals surface area contributed by atoms with Crippen LogP contribution in [-0.2, 0) is 4.79 Å². The zero-order valence-electron chi connectivity index (χ0n) is 14.7. The standard InChI is InChI=1S/C18H20BrN3O3/c1-11(2)25-17-10-15(19)13(9-16(17)24-4)8-14-12(3)21-22(18(14)23)7-5-6-20/h8-11H,5,7H2,1-4H3/b14-8+. The van der Waals surface area contributed by atoms with Gasteiger partial charge >= 0.3 is 0 Å². The Balaban J connectivity index is 2.36. The van der Waals surface area contributed by atoms with E-state index in [2.05, 4.69) is 21.0 Å². The van der Waals surface area contributed by atoms with E-state index >= 15 is 0 Å². The fraction of sp³-hybridized carbons (Fsp3) is 0.389. The second kappa shape index (κ2) is 8.17. The molecule has 1 amide bonds. The number of hydrazone groups is 1. The van der Waals surface area contributed by atoms with Crippen LogP contribution in [0.4, 0.5) is 0 Å². The summed E-state index contributed by atoms with van der Waals surface area (Å²) in [6, 6.07) is 5.66. The summed E-state index contributed by atoms with van der Waals surface area (Å²) in [6.45, 7) is 5.94.